The van der Waals surface area contributed by atoms with Crippen molar-refractivity contribution in [3.05, 3.63) is 35.9 Å². The van der Waals surface area contributed by atoms with E-state index in [2.05, 4.69) is 0 Å². The van der Waals surface area contributed by atoms with E-state index in [1.165, 1.54) is 4.90 Å². The molecule has 0 radical (unpaired) electrons. The van der Waals surface area contributed by atoms with Crippen molar-refractivity contribution in [2.24, 2.45) is 5.92 Å². The van der Waals surface area contributed by atoms with Gasteiger partial charge in [0.05, 0.1) is 0 Å². The van der Waals surface area contributed by atoms with Crippen LogP contribution in [0.15, 0.2) is 30.3 Å². The monoisotopic (exact) mass is 237 g/mol. The van der Waals surface area contributed by atoms with Crippen molar-refractivity contribution in [3.8, 4) is 0 Å². The van der Waals surface area contributed by atoms with E-state index in [1.54, 1.807) is 7.05 Å². The molecule has 1 amide bonds. The van der Waals surface area contributed by atoms with Crippen LogP contribution in [0.5, 0.6) is 0 Å². The molecule has 4 nitrogen and oxygen atoms in total. The lowest BCUT2D eigenvalue weighted by Gasteiger charge is -2.19. The molecule has 1 rings (SSSR count). The summed E-state index contributed by atoms with van der Waals surface area (Å²) in [4.78, 5) is 13.1. The van der Waals surface area contributed by atoms with Crippen LogP contribution < -0.4 is 0 Å². The molecular weight excluding hydrogens is 218 g/mol. The van der Waals surface area contributed by atoms with Gasteiger partial charge < -0.3 is 14.7 Å². The van der Waals surface area contributed by atoms with E-state index in [9.17, 15) is 4.79 Å². The van der Waals surface area contributed by atoms with Gasteiger partial charge in [0.15, 0.2) is 0 Å². The van der Waals surface area contributed by atoms with Gasteiger partial charge in [-0.05, 0) is 11.5 Å². The Bertz CT molecular complexity index is 340. The third-order valence-electron chi connectivity index (χ3n) is 2.41. The molecule has 0 unspecified atom stereocenters. The van der Waals surface area contributed by atoms with Gasteiger partial charge in [-0.1, -0.05) is 37.3 Å². The number of nitrogens with zero attached hydrogens (tertiary/aromatic N) is 1. The average molecular weight is 237 g/mol. The van der Waals surface area contributed by atoms with E-state index >= 15 is 0 Å². The molecule has 1 aromatic carbocycles. The highest BCUT2D eigenvalue weighted by Gasteiger charge is 2.12. The Balaban J connectivity index is 2.34. The first-order valence-corrected chi connectivity index (χ1v) is 5.66. The molecule has 0 aliphatic rings. The normalized spacial score (nSPS) is 11.9. The van der Waals surface area contributed by atoms with Gasteiger partial charge in [-0.3, -0.25) is 0 Å². The van der Waals surface area contributed by atoms with E-state index < -0.39 is 0 Å². The van der Waals surface area contributed by atoms with E-state index in [4.69, 9.17) is 9.84 Å². The van der Waals surface area contributed by atoms with Crippen molar-refractivity contribution < 1.29 is 14.6 Å². The summed E-state index contributed by atoms with van der Waals surface area (Å²) in [7, 11) is 1.67. The molecule has 17 heavy (non-hydrogen) atoms. The molecule has 0 bridgehead atoms. The zero-order valence-electron chi connectivity index (χ0n) is 10.3. The van der Waals surface area contributed by atoms with Gasteiger partial charge in [0.2, 0.25) is 0 Å². The standard InChI is InChI=1S/C13H19NO3/c1-11(9-15)8-14(2)13(16)17-10-12-6-4-3-5-7-12/h3-7,11,15H,8-10H2,1-2H3/t11-/m1/s1. The maximum atomic E-state index is 11.6. The number of carbonyl (C=O) groups is 1. The molecule has 0 aromatic heterocycles. The number of ether oxygens (including phenoxy) is 1. The van der Waals surface area contributed by atoms with E-state index in [-0.39, 0.29) is 25.2 Å². The van der Waals surface area contributed by atoms with Gasteiger partial charge in [0.25, 0.3) is 0 Å². The topological polar surface area (TPSA) is 49.8 Å². The maximum absolute atomic E-state index is 11.6. The highest BCUT2D eigenvalue weighted by molar-refractivity contribution is 5.67. The summed E-state index contributed by atoms with van der Waals surface area (Å²) in [6.45, 7) is 2.71. The Morgan fingerprint density at radius 3 is 2.65 bits per heavy atom. The number of carbonyl (C=O) groups excluding carboxylic acids is 1. The molecule has 0 heterocycles. The van der Waals surface area contributed by atoms with Crippen LogP contribution in [0.25, 0.3) is 0 Å². The van der Waals surface area contributed by atoms with Gasteiger partial charge >= 0.3 is 6.09 Å². The number of aliphatic hydroxyl groups excluding tert-OH is 1. The Morgan fingerprint density at radius 2 is 2.06 bits per heavy atom. The van der Waals surface area contributed by atoms with Crippen molar-refractivity contribution in [3.63, 3.8) is 0 Å². The van der Waals surface area contributed by atoms with Gasteiger partial charge in [-0.2, -0.15) is 0 Å². The van der Waals surface area contributed by atoms with Crippen molar-refractivity contribution in [1.82, 2.24) is 4.90 Å². The van der Waals surface area contributed by atoms with Crippen LogP contribution >= 0.6 is 0 Å². The first kappa shape index (κ1) is 13.5. The molecule has 0 fully saturated rings. The lowest BCUT2D eigenvalue weighted by atomic mass is 10.2. The summed E-state index contributed by atoms with van der Waals surface area (Å²) in [5, 5.41) is 8.89. The first-order valence-electron chi connectivity index (χ1n) is 5.66. The molecule has 94 valence electrons. The lowest BCUT2D eigenvalue weighted by molar-refractivity contribution is 0.0953. The molecule has 4 heteroatoms. The number of amides is 1. The second kappa shape index (κ2) is 6.91. The number of hydrogen-bond donors (Lipinski definition) is 1. The maximum Gasteiger partial charge on any atom is 0.409 e. The largest absolute Gasteiger partial charge is 0.445 e. The van der Waals surface area contributed by atoms with E-state index in [1.807, 2.05) is 37.3 Å². The Morgan fingerprint density at radius 1 is 1.41 bits per heavy atom. The predicted molar refractivity (Wildman–Crippen MR) is 65.5 cm³/mol. The predicted octanol–water partition coefficient (Wildman–Crippen LogP) is 1.88. The molecule has 0 aliphatic heterocycles. The summed E-state index contributed by atoms with van der Waals surface area (Å²) in [5.74, 6) is 0.0595. The van der Waals surface area contributed by atoms with E-state index in [0.29, 0.717) is 6.54 Å². The summed E-state index contributed by atoms with van der Waals surface area (Å²) >= 11 is 0. The molecular formula is C13H19NO3. The van der Waals surface area contributed by atoms with Crippen LogP contribution in [0.3, 0.4) is 0 Å². The van der Waals surface area contributed by atoms with Crippen LogP contribution in [0.4, 0.5) is 4.79 Å². The van der Waals surface area contributed by atoms with Crippen LogP contribution in [0.2, 0.25) is 0 Å². The highest BCUT2D eigenvalue weighted by Crippen LogP contribution is 2.04. The van der Waals surface area contributed by atoms with Gasteiger partial charge in [0, 0.05) is 20.2 Å². The minimum Gasteiger partial charge on any atom is -0.445 e. The molecule has 0 aliphatic carbocycles. The average Bonchev–Trinajstić information content (AvgIpc) is 2.36. The van der Waals surface area contributed by atoms with Crippen molar-refractivity contribution in [2.45, 2.75) is 13.5 Å². The molecule has 0 saturated heterocycles. The third kappa shape index (κ3) is 4.87. The van der Waals surface area contributed by atoms with Gasteiger partial charge in [-0.15, -0.1) is 0 Å². The van der Waals surface area contributed by atoms with Crippen molar-refractivity contribution in [1.29, 1.82) is 0 Å². The van der Waals surface area contributed by atoms with Crippen LogP contribution in [-0.2, 0) is 11.3 Å². The summed E-state index contributed by atoms with van der Waals surface area (Å²) in [6, 6.07) is 9.54. The minimum absolute atomic E-state index is 0.0595. The molecule has 1 atom stereocenters. The number of aliphatic hydroxyl groups is 1. The fourth-order valence-electron chi connectivity index (χ4n) is 1.43. The molecule has 1 aromatic rings. The quantitative estimate of drug-likeness (QED) is 0.850. The Hall–Kier alpha value is -1.55. The summed E-state index contributed by atoms with van der Waals surface area (Å²) < 4.78 is 5.14. The zero-order valence-corrected chi connectivity index (χ0v) is 10.3. The zero-order chi connectivity index (χ0) is 12.7. The second-order valence-electron chi connectivity index (χ2n) is 4.21. The fraction of sp³-hybridized carbons (Fsp3) is 0.462. The lowest BCUT2D eigenvalue weighted by Crippen LogP contribution is -2.32. The van der Waals surface area contributed by atoms with Crippen LogP contribution in [0, 0.1) is 5.92 Å². The number of rotatable bonds is 5. The smallest absolute Gasteiger partial charge is 0.409 e. The molecule has 0 spiro atoms. The summed E-state index contributed by atoms with van der Waals surface area (Å²) in [5.41, 5.74) is 0.962. The van der Waals surface area contributed by atoms with Gasteiger partial charge in [-0.25, -0.2) is 4.79 Å². The minimum atomic E-state index is -0.367. The highest BCUT2D eigenvalue weighted by atomic mass is 16.6. The Kier molecular flexibility index (Phi) is 5.49. The number of benzene rings is 1. The fourth-order valence-corrected chi connectivity index (χ4v) is 1.43. The SMILES string of the molecule is C[C@@H](CO)CN(C)C(=O)OCc1ccccc1. The van der Waals surface area contributed by atoms with Gasteiger partial charge in [0.1, 0.15) is 6.61 Å². The third-order valence-corrected chi connectivity index (χ3v) is 2.41. The summed E-state index contributed by atoms with van der Waals surface area (Å²) in [6.07, 6.45) is -0.367. The first-order chi connectivity index (χ1) is 8.13. The Labute approximate surface area is 102 Å². The molecule has 1 N–H and O–H groups in total. The van der Waals surface area contributed by atoms with Crippen LogP contribution in [0.1, 0.15) is 12.5 Å². The number of hydrogen-bond acceptors (Lipinski definition) is 3. The van der Waals surface area contributed by atoms with Crippen LogP contribution in [-0.4, -0.2) is 36.3 Å². The second-order valence-corrected chi connectivity index (χ2v) is 4.21. The van der Waals surface area contributed by atoms with Crippen molar-refractivity contribution >= 4 is 6.09 Å². The molecule has 0 saturated carbocycles. The van der Waals surface area contributed by atoms with E-state index in [0.717, 1.165) is 5.56 Å². The van der Waals surface area contributed by atoms with Crippen molar-refractivity contribution in [2.75, 3.05) is 20.2 Å².